The summed E-state index contributed by atoms with van der Waals surface area (Å²) in [6, 6.07) is 5.27. The summed E-state index contributed by atoms with van der Waals surface area (Å²) in [6.45, 7) is 1.85. The molecule has 5 nitrogen and oxygen atoms in total. The van der Waals surface area contributed by atoms with Gasteiger partial charge in [-0.05, 0) is 43.5 Å². The minimum atomic E-state index is -0.867. The van der Waals surface area contributed by atoms with E-state index in [1.165, 1.54) is 0 Å². The smallest absolute Gasteiger partial charge is 0.305 e. The lowest BCUT2D eigenvalue weighted by Gasteiger charge is -2.37. The first kappa shape index (κ1) is 16.3. The van der Waals surface area contributed by atoms with Gasteiger partial charge in [-0.15, -0.1) is 0 Å². The van der Waals surface area contributed by atoms with Crippen LogP contribution in [0.4, 0.5) is 0 Å². The molecule has 1 saturated carbocycles. The number of carboxylic acid groups (broad SMARTS) is 1. The highest BCUT2D eigenvalue weighted by molar-refractivity contribution is 5.96. The maximum atomic E-state index is 12.6. The van der Waals surface area contributed by atoms with Crippen LogP contribution in [0.3, 0.4) is 0 Å². The van der Waals surface area contributed by atoms with Gasteiger partial charge in [-0.1, -0.05) is 19.3 Å². The van der Waals surface area contributed by atoms with Crippen molar-refractivity contribution in [2.24, 2.45) is 0 Å². The van der Waals surface area contributed by atoms with Gasteiger partial charge < -0.3 is 15.2 Å². The maximum Gasteiger partial charge on any atom is 0.305 e. The number of nitrogens with one attached hydrogen (secondary N) is 1. The van der Waals surface area contributed by atoms with Crippen LogP contribution < -0.4 is 10.1 Å². The first-order valence-electron chi connectivity index (χ1n) is 7.65. The van der Waals surface area contributed by atoms with Gasteiger partial charge in [0.15, 0.2) is 0 Å². The van der Waals surface area contributed by atoms with Gasteiger partial charge in [0, 0.05) is 5.56 Å². The van der Waals surface area contributed by atoms with E-state index in [1.54, 1.807) is 25.3 Å². The fourth-order valence-corrected chi connectivity index (χ4v) is 3.19. The molecule has 2 N–H and O–H groups in total. The van der Waals surface area contributed by atoms with Gasteiger partial charge in [-0.2, -0.15) is 0 Å². The Hall–Kier alpha value is -2.04. The van der Waals surface area contributed by atoms with Crippen LogP contribution in [0.25, 0.3) is 0 Å². The molecule has 1 aromatic carbocycles. The fourth-order valence-electron chi connectivity index (χ4n) is 3.19. The first-order valence-corrected chi connectivity index (χ1v) is 7.65. The van der Waals surface area contributed by atoms with Crippen molar-refractivity contribution < 1.29 is 19.4 Å². The first-order chi connectivity index (χ1) is 10.5. The molecule has 0 atom stereocenters. The summed E-state index contributed by atoms with van der Waals surface area (Å²) < 4.78 is 5.14. The average molecular weight is 305 g/mol. The largest absolute Gasteiger partial charge is 0.497 e. The van der Waals surface area contributed by atoms with Crippen LogP contribution in [0.2, 0.25) is 0 Å². The number of amides is 1. The number of aliphatic carboxylic acids is 1. The molecular formula is C17H23NO4. The molecule has 0 aromatic heterocycles. The van der Waals surface area contributed by atoms with E-state index in [-0.39, 0.29) is 12.3 Å². The predicted molar refractivity (Wildman–Crippen MR) is 83.3 cm³/mol. The van der Waals surface area contributed by atoms with Crippen molar-refractivity contribution >= 4 is 11.9 Å². The van der Waals surface area contributed by atoms with E-state index in [2.05, 4.69) is 5.32 Å². The molecule has 1 aliphatic carbocycles. The zero-order chi connectivity index (χ0) is 16.2. The van der Waals surface area contributed by atoms with E-state index in [9.17, 15) is 9.59 Å². The quantitative estimate of drug-likeness (QED) is 0.877. The van der Waals surface area contributed by atoms with Crippen LogP contribution in [0, 0.1) is 6.92 Å². The van der Waals surface area contributed by atoms with E-state index in [0.29, 0.717) is 11.3 Å². The highest BCUT2D eigenvalue weighted by Gasteiger charge is 2.36. The number of aryl methyl sites for hydroxylation is 1. The predicted octanol–water partition coefficient (Wildman–Crippen LogP) is 2.91. The average Bonchev–Trinajstić information content (AvgIpc) is 2.46. The van der Waals surface area contributed by atoms with Crippen molar-refractivity contribution in [1.29, 1.82) is 0 Å². The van der Waals surface area contributed by atoms with Crippen molar-refractivity contribution in [3.63, 3.8) is 0 Å². The van der Waals surface area contributed by atoms with Crippen molar-refractivity contribution in [1.82, 2.24) is 5.32 Å². The SMILES string of the molecule is COc1ccc(C(=O)NC2(CC(=O)O)CCCCC2)c(C)c1. The summed E-state index contributed by atoms with van der Waals surface area (Å²) >= 11 is 0. The molecular weight excluding hydrogens is 282 g/mol. The number of methoxy groups -OCH3 is 1. The molecule has 0 bridgehead atoms. The Morgan fingerprint density at radius 2 is 1.95 bits per heavy atom. The third kappa shape index (κ3) is 3.78. The standard InChI is InChI=1S/C17H23NO4/c1-12-10-13(22-2)6-7-14(12)16(21)18-17(11-15(19)20)8-4-3-5-9-17/h6-7,10H,3-5,8-9,11H2,1-2H3,(H,18,21)(H,19,20). The number of rotatable bonds is 5. The summed E-state index contributed by atoms with van der Waals surface area (Å²) in [6.07, 6.45) is 4.43. The van der Waals surface area contributed by atoms with Gasteiger partial charge in [-0.25, -0.2) is 0 Å². The highest BCUT2D eigenvalue weighted by Crippen LogP contribution is 2.31. The summed E-state index contributed by atoms with van der Waals surface area (Å²) in [5, 5.41) is 12.2. The second-order valence-corrected chi connectivity index (χ2v) is 6.05. The molecule has 0 radical (unpaired) electrons. The summed E-state index contributed by atoms with van der Waals surface area (Å²) in [7, 11) is 1.58. The van der Waals surface area contributed by atoms with E-state index in [0.717, 1.165) is 37.7 Å². The maximum absolute atomic E-state index is 12.6. The summed E-state index contributed by atoms with van der Waals surface area (Å²) in [4.78, 5) is 23.7. The molecule has 22 heavy (non-hydrogen) atoms. The van der Waals surface area contributed by atoms with Crippen molar-refractivity contribution in [3.8, 4) is 5.75 Å². The third-order valence-electron chi connectivity index (χ3n) is 4.36. The van der Waals surface area contributed by atoms with Gasteiger partial charge in [0.05, 0.1) is 19.1 Å². The Kier molecular flexibility index (Phi) is 5.06. The molecule has 2 rings (SSSR count). The molecule has 0 heterocycles. The minimum Gasteiger partial charge on any atom is -0.497 e. The van der Waals surface area contributed by atoms with Crippen molar-refractivity contribution in [3.05, 3.63) is 29.3 Å². The minimum absolute atomic E-state index is 0.0199. The number of carboxylic acids is 1. The van der Waals surface area contributed by atoms with Gasteiger partial charge in [0.2, 0.25) is 0 Å². The van der Waals surface area contributed by atoms with Crippen LogP contribution in [0.5, 0.6) is 5.75 Å². The number of carbonyl (C=O) groups excluding carboxylic acids is 1. The molecule has 1 fully saturated rings. The van der Waals surface area contributed by atoms with Gasteiger partial charge in [0.25, 0.3) is 5.91 Å². The zero-order valence-corrected chi connectivity index (χ0v) is 13.1. The van der Waals surface area contributed by atoms with Crippen LogP contribution in [0.1, 0.15) is 54.4 Å². The second kappa shape index (κ2) is 6.81. The van der Waals surface area contributed by atoms with Crippen molar-refractivity contribution in [2.75, 3.05) is 7.11 Å². The molecule has 5 heteroatoms. The lowest BCUT2D eigenvalue weighted by atomic mass is 9.79. The second-order valence-electron chi connectivity index (χ2n) is 6.05. The van der Waals surface area contributed by atoms with Gasteiger partial charge in [0.1, 0.15) is 5.75 Å². The zero-order valence-electron chi connectivity index (χ0n) is 13.1. The van der Waals surface area contributed by atoms with Crippen LogP contribution in [-0.2, 0) is 4.79 Å². The Bertz CT molecular complexity index is 562. The van der Waals surface area contributed by atoms with Crippen LogP contribution >= 0.6 is 0 Å². The topological polar surface area (TPSA) is 75.6 Å². The number of benzene rings is 1. The lowest BCUT2D eigenvalue weighted by molar-refractivity contribution is -0.139. The molecule has 0 aliphatic heterocycles. The Morgan fingerprint density at radius 1 is 1.27 bits per heavy atom. The van der Waals surface area contributed by atoms with Crippen molar-refractivity contribution in [2.45, 2.75) is 51.0 Å². The van der Waals surface area contributed by atoms with E-state index < -0.39 is 11.5 Å². The van der Waals surface area contributed by atoms with Crippen LogP contribution in [-0.4, -0.2) is 29.6 Å². The fraction of sp³-hybridized carbons (Fsp3) is 0.529. The normalized spacial score (nSPS) is 16.8. The molecule has 120 valence electrons. The number of hydrogen-bond acceptors (Lipinski definition) is 3. The summed E-state index contributed by atoms with van der Waals surface area (Å²) in [5.74, 6) is -0.371. The number of ether oxygens (including phenoxy) is 1. The number of carbonyl (C=O) groups is 2. The van der Waals surface area contributed by atoms with E-state index >= 15 is 0 Å². The Labute approximate surface area is 130 Å². The molecule has 0 spiro atoms. The Morgan fingerprint density at radius 3 is 2.50 bits per heavy atom. The third-order valence-corrected chi connectivity index (χ3v) is 4.36. The summed E-state index contributed by atoms with van der Waals surface area (Å²) in [5.41, 5.74) is 0.766. The van der Waals surface area contributed by atoms with Gasteiger partial charge >= 0.3 is 5.97 Å². The number of hydrogen-bond donors (Lipinski definition) is 2. The van der Waals surface area contributed by atoms with Crippen LogP contribution in [0.15, 0.2) is 18.2 Å². The molecule has 0 unspecified atom stereocenters. The molecule has 1 aliphatic rings. The molecule has 1 aromatic rings. The van der Waals surface area contributed by atoms with Gasteiger partial charge in [-0.3, -0.25) is 9.59 Å². The lowest BCUT2D eigenvalue weighted by Crippen LogP contribution is -2.51. The molecule has 0 saturated heterocycles. The van der Waals surface area contributed by atoms with E-state index in [1.807, 2.05) is 6.92 Å². The monoisotopic (exact) mass is 305 g/mol. The Balaban J connectivity index is 2.19. The highest BCUT2D eigenvalue weighted by atomic mass is 16.5. The van der Waals surface area contributed by atoms with E-state index in [4.69, 9.17) is 9.84 Å². The molecule has 1 amide bonds.